The smallest absolute Gasteiger partial charge is 0.264 e. The van der Waals surface area contributed by atoms with E-state index in [0.717, 1.165) is 9.87 Å². The van der Waals surface area contributed by atoms with Crippen LogP contribution in [0.2, 0.25) is 10.0 Å². The third kappa shape index (κ3) is 9.24. The van der Waals surface area contributed by atoms with Crippen LogP contribution in [0.3, 0.4) is 0 Å². The SMILES string of the molecule is CCCNC(=O)[C@H](Cc1ccccc1)N(Cc1c(Cl)cccc1Cl)C(=O)CN(c1ccc(Oc2ccccc2)cc1)S(=O)(=O)c1ccccc1. The van der Waals surface area contributed by atoms with Crippen LogP contribution in [0.25, 0.3) is 0 Å². The quantitative estimate of drug-likeness (QED) is 0.117. The standard InChI is InChI=1S/C39H37Cl2N3O5S/c1-2-25-42-39(46)37(26-29-13-6-3-7-14-29)43(27-34-35(40)19-12-20-36(34)41)38(45)28-44(50(47,48)33-17-10-5-11-18-33)30-21-23-32(24-22-30)49-31-15-8-4-9-16-31/h3-24,37H,2,25-28H2,1H3,(H,42,46)/t37-/m0/s1. The van der Waals surface area contributed by atoms with Crippen LogP contribution in [0.15, 0.2) is 138 Å². The third-order valence-electron chi connectivity index (χ3n) is 7.92. The zero-order valence-electron chi connectivity index (χ0n) is 27.4. The molecule has 0 spiro atoms. The van der Waals surface area contributed by atoms with Crippen LogP contribution >= 0.6 is 23.2 Å². The number of sulfonamides is 1. The normalized spacial score (nSPS) is 11.7. The van der Waals surface area contributed by atoms with Gasteiger partial charge in [0.05, 0.1) is 10.6 Å². The highest BCUT2D eigenvalue weighted by molar-refractivity contribution is 7.92. The number of anilines is 1. The van der Waals surface area contributed by atoms with Crippen LogP contribution in [-0.2, 0) is 32.6 Å². The molecule has 0 radical (unpaired) electrons. The van der Waals surface area contributed by atoms with E-state index in [1.165, 1.54) is 17.0 Å². The molecule has 0 aliphatic rings. The second-order valence-electron chi connectivity index (χ2n) is 11.5. The van der Waals surface area contributed by atoms with E-state index in [1.807, 2.05) is 55.5 Å². The molecule has 50 heavy (non-hydrogen) atoms. The lowest BCUT2D eigenvalue weighted by Gasteiger charge is -2.34. The van der Waals surface area contributed by atoms with E-state index >= 15 is 0 Å². The summed E-state index contributed by atoms with van der Waals surface area (Å²) < 4.78 is 35.5. The van der Waals surface area contributed by atoms with Crippen molar-refractivity contribution < 1.29 is 22.7 Å². The van der Waals surface area contributed by atoms with E-state index < -0.39 is 28.5 Å². The Morgan fingerprint density at radius 1 is 0.740 bits per heavy atom. The van der Waals surface area contributed by atoms with Gasteiger partial charge in [0.1, 0.15) is 24.1 Å². The van der Waals surface area contributed by atoms with Crippen molar-refractivity contribution in [1.82, 2.24) is 10.2 Å². The van der Waals surface area contributed by atoms with Gasteiger partial charge in [0.2, 0.25) is 11.8 Å². The number of carbonyl (C=O) groups excluding carboxylic acids is 2. The van der Waals surface area contributed by atoms with Gasteiger partial charge in [-0.1, -0.05) is 103 Å². The molecule has 0 unspecified atom stereocenters. The van der Waals surface area contributed by atoms with Crippen molar-refractivity contribution in [3.63, 3.8) is 0 Å². The van der Waals surface area contributed by atoms with E-state index in [0.29, 0.717) is 40.1 Å². The zero-order chi connectivity index (χ0) is 35.5. The summed E-state index contributed by atoms with van der Waals surface area (Å²) in [7, 11) is -4.27. The summed E-state index contributed by atoms with van der Waals surface area (Å²) in [5.41, 5.74) is 1.48. The summed E-state index contributed by atoms with van der Waals surface area (Å²) in [5.74, 6) is 0.0857. The molecule has 0 saturated carbocycles. The van der Waals surface area contributed by atoms with Crippen LogP contribution in [-0.4, -0.2) is 44.3 Å². The molecular weight excluding hydrogens is 693 g/mol. The fourth-order valence-electron chi connectivity index (χ4n) is 5.33. The first-order valence-electron chi connectivity index (χ1n) is 16.1. The van der Waals surface area contributed by atoms with Crippen LogP contribution in [0, 0.1) is 0 Å². The summed E-state index contributed by atoms with van der Waals surface area (Å²) in [6.07, 6.45) is 0.850. The fourth-order valence-corrected chi connectivity index (χ4v) is 7.28. The highest BCUT2D eigenvalue weighted by Gasteiger charge is 2.35. The topological polar surface area (TPSA) is 96.0 Å². The first-order valence-corrected chi connectivity index (χ1v) is 18.3. The Morgan fingerprint density at radius 2 is 1.30 bits per heavy atom. The Hall–Kier alpha value is -4.83. The number of rotatable bonds is 15. The maximum Gasteiger partial charge on any atom is 0.264 e. The summed E-state index contributed by atoms with van der Waals surface area (Å²) in [4.78, 5) is 29.9. The molecule has 5 aromatic carbocycles. The van der Waals surface area contributed by atoms with Gasteiger partial charge in [-0.05, 0) is 72.6 Å². The van der Waals surface area contributed by atoms with Gasteiger partial charge in [-0.3, -0.25) is 13.9 Å². The highest BCUT2D eigenvalue weighted by atomic mass is 35.5. The monoisotopic (exact) mass is 729 g/mol. The summed E-state index contributed by atoms with van der Waals surface area (Å²) in [5, 5.41) is 3.55. The molecule has 258 valence electrons. The van der Waals surface area contributed by atoms with Gasteiger partial charge in [0.15, 0.2) is 0 Å². The average molecular weight is 731 g/mol. The Kier molecular flexibility index (Phi) is 12.5. The minimum absolute atomic E-state index is 0.000338. The number of amides is 2. The molecule has 1 atom stereocenters. The highest BCUT2D eigenvalue weighted by Crippen LogP contribution is 2.30. The van der Waals surface area contributed by atoms with Crippen molar-refractivity contribution in [3.05, 3.63) is 155 Å². The number of nitrogens with zero attached hydrogens (tertiary/aromatic N) is 2. The van der Waals surface area contributed by atoms with Gasteiger partial charge >= 0.3 is 0 Å². The number of hydrogen-bond acceptors (Lipinski definition) is 5. The summed E-state index contributed by atoms with van der Waals surface area (Å²) in [6, 6.07) is 36.8. The molecule has 11 heteroatoms. The Morgan fingerprint density at radius 3 is 1.90 bits per heavy atom. The lowest BCUT2D eigenvalue weighted by Crippen LogP contribution is -2.53. The van der Waals surface area contributed by atoms with Crippen molar-refractivity contribution in [1.29, 1.82) is 0 Å². The molecule has 1 N–H and O–H groups in total. The summed E-state index contributed by atoms with van der Waals surface area (Å²) >= 11 is 13.2. The van der Waals surface area contributed by atoms with Crippen LogP contribution in [0.4, 0.5) is 5.69 Å². The Balaban J connectivity index is 1.57. The minimum atomic E-state index is -4.27. The van der Waals surface area contributed by atoms with Gasteiger partial charge in [-0.25, -0.2) is 8.42 Å². The number of nitrogens with one attached hydrogen (secondary N) is 1. The van der Waals surface area contributed by atoms with Crippen LogP contribution in [0.1, 0.15) is 24.5 Å². The van der Waals surface area contributed by atoms with Gasteiger partial charge in [0, 0.05) is 35.1 Å². The van der Waals surface area contributed by atoms with Gasteiger partial charge in [0.25, 0.3) is 10.0 Å². The molecule has 0 aliphatic carbocycles. The first-order chi connectivity index (χ1) is 24.2. The third-order valence-corrected chi connectivity index (χ3v) is 10.4. The molecular formula is C39H37Cl2N3O5S. The fraction of sp³-hybridized carbons (Fsp3) is 0.179. The molecule has 5 aromatic rings. The lowest BCUT2D eigenvalue weighted by atomic mass is 10.0. The minimum Gasteiger partial charge on any atom is -0.457 e. The van der Waals surface area contributed by atoms with E-state index in [-0.39, 0.29) is 29.5 Å². The Labute approximate surface area is 303 Å². The number of benzene rings is 5. The second kappa shape index (κ2) is 17.2. The van der Waals surface area contributed by atoms with E-state index in [4.69, 9.17) is 27.9 Å². The van der Waals surface area contributed by atoms with E-state index in [2.05, 4.69) is 5.32 Å². The summed E-state index contributed by atoms with van der Waals surface area (Å²) in [6.45, 7) is 1.56. The van der Waals surface area contributed by atoms with Gasteiger partial charge in [-0.15, -0.1) is 0 Å². The van der Waals surface area contributed by atoms with Gasteiger partial charge in [-0.2, -0.15) is 0 Å². The van der Waals surface area contributed by atoms with Crippen LogP contribution in [0.5, 0.6) is 11.5 Å². The van der Waals surface area contributed by atoms with Crippen molar-refractivity contribution in [2.45, 2.75) is 37.2 Å². The van der Waals surface area contributed by atoms with Crippen molar-refractivity contribution in [3.8, 4) is 11.5 Å². The maximum absolute atomic E-state index is 14.7. The van der Waals surface area contributed by atoms with Crippen molar-refractivity contribution in [2.75, 3.05) is 17.4 Å². The molecule has 0 fully saturated rings. The number of hydrogen-bond donors (Lipinski definition) is 1. The molecule has 8 nitrogen and oxygen atoms in total. The largest absolute Gasteiger partial charge is 0.457 e. The second-order valence-corrected chi connectivity index (χ2v) is 14.1. The molecule has 5 rings (SSSR count). The number of ether oxygens (including phenoxy) is 1. The molecule has 0 aromatic heterocycles. The van der Waals surface area contributed by atoms with Crippen molar-refractivity contribution >= 4 is 50.7 Å². The number of halogens is 2. The Bertz CT molecular complexity index is 1960. The molecule has 2 amide bonds. The lowest BCUT2D eigenvalue weighted by molar-refractivity contribution is -0.140. The van der Waals surface area contributed by atoms with Gasteiger partial charge < -0.3 is 15.0 Å². The molecule has 0 saturated heterocycles. The number of para-hydroxylation sites is 1. The van der Waals surface area contributed by atoms with E-state index in [1.54, 1.807) is 72.8 Å². The molecule has 0 heterocycles. The van der Waals surface area contributed by atoms with Crippen molar-refractivity contribution in [2.24, 2.45) is 0 Å². The predicted octanol–water partition coefficient (Wildman–Crippen LogP) is 8.15. The average Bonchev–Trinajstić information content (AvgIpc) is 3.13. The van der Waals surface area contributed by atoms with Crippen LogP contribution < -0.4 is 14.4 Å². The predicted molar refractivity (Wildman–Crippen MR) is 198 cm³/mol. The molecule has 0 bridgehead atoms. The molecule has 0 aliphatic heterocycles. The zero-order valence-corrected chi connectivity index (χ0v) is 29.7. The van der Waals surface area contributed by atoms with E-state index in [9.17, 15) is 18.0 Å². The maximum atomic E-state index is 14.7. The first kappa shape index (κ1) is 36.5. The number of carbonyl (C=O) groups is 2.